The van der Waals surface area contributed by atoms with E-state index in [4.69, 9.17) is 10.2 Å². The molecule has 0 aliphatic carbocycles. The molecule has 0 aromatic carbocycles. The summed E-state index contributed by atoms with van der Waals surface area (Å²) >= 11 is 0. The molecule has 5 nitrogen and oxygen atoms in total. The fourth-order valence-corrected chi connectivity index (χ4v) is 1.43. The Hall–Kier alpha value is -1.10. The van der Waals surface area contributed by atoms with E-state index in [0.29, 0.717) is 0 Å². The molecule has 0 rings (SSSR count). The summed E-state index contributed by atoms with van der Waals surface area (Å²) in [7, 11) is 0. The van der Waals surface area contributed by atoms with Crippen LogP contribution in [0.15, 0.2) is 0 Å². The van der Waals surface area contributed by atoms with Crippen LogP contribution in [-0.4, -0.2) is 35.4 Å². The number of carbonyl (C=O) groups excluding carboxylic acids is 1. The van der Waals surface area contributed by atoms with Crippen molar-refractivity contribution < 1.29 is 24.5 Å². The van der Waals surface area contributed by atoms with Crippen molar-refractivity contribution >= 4 is 11.9 Å². The van der Waals surface area contributed by atoms with Gasteiger partial charge < -0.3 is 14.9 Å². The van der Waals surface area contributed by atoms with E-state index in [0.717, 1.165) is 0 Å². The van der Waals surface area contributed by atoms with Crippen LogP contribution in [-0.2, 0) is 14.3 Å². The van der Waals surface area contributed by atoms with E-state index in [-0.39, 0.29) is 26.1 Å². The molecule has 0 heterocycles. The largest absolute Gasteiger partial charge is 0.481 e. The second kappa shape index (κ2) is 15.0. The average molecular weight is 276 g/mol. The molecule has 114 valence electrons. The van der Waals surface area contributed by atoms with Gasteiger partial charge in [-0.2, -0.15) is 0 Å². The summed E-state index contributed by atoms with van der Waals surface area (Å²) in [5, 5.41) is 17.0. The molecule has 0 aromatic rings. The first kappa shape index (κ1) is 20.2. The molecule has 5 heteroatoms. The number of aliphatic carboxylic acids is 1. The molecule has 0 aliphatic rings. The monoisotopic (exact) mass is 276 g/mol. The van der Waals surface area contributed by atoms with Crippen molar-refractivity contribution in [3.05, 3.63) is 0 Å². The number of unbranched alkanes of at least 4 members (excludes halogenated alkanes) is 3. The Morgan fingerprint density at radius 3 is 1.95 bits per heavy atom. The molecule has 0 aliphatic heterocycles. The summed E-state index contributed by atoms with van der Waals surface area (Å²) in [6.45, 7) is 6.12. The van der Waals surface area contributed by atoms with Gasteiger partial charge in [0.05, 0.1) is 18.9 Å². The predicted octanol–water partition coefficient (Wildman–Crippen LogP) is 2.61. The lowest BCUT2D eigenvalue weighted by atomic mass is 10.0. The maximum absolute atomic E-state index is 11.1. The molecule has 0 bridgehead atoms. The Bertz CT molecular complexity index is 224. The predicted molar refractivity (Wildman–Crippen MR) is 73.9 cm³/mol. The van der Waals surface area contributed by atoms with E-state index in [2.05, 4.69) is 18.6 Å². The number of ether oxygens (including phenoxy) is 1. The first-order chi connectivity index (χ1) is 9.03. The van der Waals surface area contributed by atoms with Crippen LogP contribution >= 0.6 is 0 Å². The smallest absolute Gasteiger partial charge is 0.309 e. The van der Waals surface area contributed by atoms with Gasteiger partial charge in [-0.15, -0.1) is 0 Å². The minimum absolute atomic E-state index is 0.130. The van der Waals surface area contributed by atoms with Gasteiger partial charge in [0.2, 0.25) is 0 Å². The number of rotatable bonds is 9. The van der Waals surface area contributed by atoms with Gasteiger partial charge in [0.25, 0.3) is 0 Å². The molecule has 0 fully saturated rings. The Morgan fingerprint density at radius 2 is 1.63 bits per heavy atom. The maximum atomic E-state index is 11.1. The van der Waals surface area contributed by atoms with Gasteiger partial charge >= 0.3 is 11.9 Å². The third-order valence-corrected chi connectivity index (χ3v) is 2.48. The van der Waals surface area contributed by atoms with Gasteiger partial charge in [-0.3, -0.25) is 9.59 Å². The number of aliphatic hydroxyl groups is 1. The lowest BCUT2D eigenvalue weighted by Crippen LogP contribution is -2.22. The highest BCUT2D eigenvalue weighted by Gasteiger charge is 2.21. The summed E-state index contributed by atoms with van der Waals surface area (Å²) in [5.74, 6) is -2.35. The Balaban J connectivity index is 0. The number of esters is 1. The van der Waals surface area contributed by atoms with Gasteiger partial charge in [-0.1, -0.05) is 39.5 Å². The van der Waals surface area contributed by atoms with E-state index in [1.54, 1.807) is 6.92 Å². The molecular weight excluding hydrogens is 248 g/mol. The van der Waals surface area contributed by atoms with Gasteiger partial charge in [-0.25, -0.2) is 0 Å². The molecule has 0 saturated heterocycles. The van der Waals surface area contributed by atoms with Crippen molar-refractivity contribution in [3.63, 3.8) is 0 Å². The maximum Gasteiger partial charge on any atom is 0.309 e. The highest BCUT2D eigenvalue weighted by Crippen LogP contribution is 2.10. The minimum atomic E-state index is -1.06. The van der Waals surface area contributed by atoms with Crippen LogP contribution < -0.4 is 0 Å². The summed E-state index contributed by atoms with van der Waals surface area (Å²) < 4.78 is 4.64. The van der Waals surface area contributed by atoms with Crippen molar-refractivity contribution in [2.45, 2.75) is 59.3 Å². The quantitative estimate of drug-likeness (QED) is 0.499. The molecule has 0 aromatic heterocycles. The summed E-state index contributed by atoms with van der Waals surface area (Å²) in [4.78, 5) is 21.4. The SMILES string of the molecule is CCCCCC.CCOC(=O)C(CCO)CC(=O)O. The van der Waals surface area contributed by atoms with Crippen LogP contribution in [0.25, 0.3) is 0 Å². The van der Waals surface area contributed by atoms with Crippen LogP contribution in [0.5, 0.6) is 0 Å². The van der Waals surface area contributed by atoms with Gasteiger partial charge in [0.15, 0.2) is 0 Å². The molecule has 0 amide bonds. The van der Waals surface area contributed by atoms with Crippen LogP contribution in [0.2, 0.25) is 0 Å². The van der Waals surface area contributed by atoms with E-state index in [9.17, 15) is 9.59 Å². The van der Waals surface area contributed by atoms with Crippen LogP contribution in [0.4, 0.5) is 0 Å². The van der Waals surface area contributed by atoms with Crippen molar-refractivity contribution in [3.8, 4) is 0 Å². The number of hydrogen-bond acceptors (Lipinski definition) is 4. The Labute approximate surface area is 116 Å². The van der Waals surface area contributed by atoms with Crippen molar-refractivity contribution in [2.24, 2.45) is 5.92 Å². The molecule has 19 heavy (non-hydrogen) atoms. The lowest BCUT2D eigenvalue weighted by Gasteiger charge is -2.11. The normalized spacial score (nSPS) is 11.2. The van der Waals surface area contributed by atoms with E-state index < -0.39 is 17.9 Å². The van der Waals surface area contributed by atoms with Gasteiger partial charge in [-0.05, 0) is 13.3 Å². The highest BCUT2D eigenvalue weighted by atomic mass is 16.5. The second-order valence-corrected chi connectivity index (χ2v) is 4.27. The standard InChI is InChI=1S/C8H14O5.C6H14/c1-2-13-8(12)6(3-4-9)5-7(10)11;1-3-5-6-4-2/h6,9H,2-5H2,1H3,(H,10,11);3-6H2,1-2H3. The molecule has 1 unspecified atom stereocenters. The number of aliphatic hydroxyl groups excluding tert-OH is 1. The first-order valence-corrected chi connectivity index (χ1v) is 7.02. The van der Waals surface area contributed by atoms with Gasteiger partial charge in [0.1, 0.15) is 0 Å². The summed E-state index contributed by atoms with van der Waals surface area (Å²) in [6, 6.07) is 0. The molecule has 0 radical (unpaired) electrons. The zero-order valence-electron chi connectivity index (χ0n) is 12.4. The average Bonchev–Trinajstić information content (AvgIpc) is 2.36. The Kier molecular flexibility index (Phi) is 15.9. The Morgan fingerprint density at radius 1 is 1.11 bits per heavy atom. The third kappa shape index (κ3) is 14.8. The number of carbonyl (C=O) groups is 2. The lowest BCUT2D eigenvalue weighted by molar-refractivity contribution is -0.153. The van der Waals surface area contributed by atoms with Gasteiger partial charge in [0, 0.05) is 6.61 Å². The number of hydrogen-bond donors (Lipinski definition) is 2. The highest BCUT2D eigenvalue weighted by molar-refractivity contribution is 5.79. The minimum Gasteiger partial charge on any atom is -0.481 e. The molecule has 2 N–H and O–H groups in total. The van der Waals surface area contributed by atoms with Crippen LogP contribution in [0.1, 0.15) is 59.3 Å². The summed E-state index contributed by atoms with van der Waals surface area (Å²) in [5.41, 5.74) is 0. The third-order valence-electron chi connectivity index (χ3n) is 2.48. The van der Waals surface area contributed by atoms with Crippen molar-refractivity contribution in [1.82, 2.24) is 0 Å². The molecule has 0 spiro atoms. The van der Waals surface area contributed by atoms with E-state index in [1.165, 1.54) is 25.7 Å². The summed E-state index contributed by atoms with van der Waals surface area (Å²) in [6.07, 6.45) is 5.37. The number of carboxylic acids is 1. The molecular formula is C14H28O5. The van der Waals surface area contributed by atoms with Crippen molar-refractivity contribution in [1.29, 1.82) is 0 Å². The molecule has 1 atom stereocenters. The van der Waals surface area contributed by atoms with E-state index in [1.807, 2.05) is 0 Å². The fraction of sp³-hybridized carbons (Fsp3) is 0.857. The molecule has 0 saturated carbocycles. The second-order valence-electron chi connectivity index (χ2n) is 4.27. The van der Waals surface area contributed by atoms with Crippen LogP contribution in [0, 0.1) is 5.92 Å². The van der Waals surface area contributed by atoms with E-state index >= 15 is 0 Å². The zero-order chi connectivity index (χ0) is 15.1. The van der Waals surface area contributed by atoms with Crippen molar-refractivity contribution in [2.75, 3.05) is 13.2 Å². The topological polar surface area (TPSA) is 83.8 Å². The fourth-order valence-electron chi connectivity index (χ4n) is 1.43. The number of carboxylic acid groups (broad SMARTS) is 1. The zero-order valence-corrected chi connectivity index (χ0v) is 12.4. The first-order valence-electron chi connectivity index (χ1n) is 7.02. The van der Waals surface area contributed by atoms with Crippen LogP contribution in [0.3, 0.4) is 0 Å².